The van der Waals surface area contributed by atoms with Crippen molar-refractivity contribution < 1.29 is 38.8 Å². The number of thiazole rings is 1. The Morgan fingerprint density at radius 3 is 2.64 bits per heavy atom. The molecule has 19 heteroatoms. The van der Waals surface area contributed by atoms with Crippen molar-refractivity contribution in [1.29, 1.82) is 0 Å². The third-order valence-electron chi connectivity index (χ3n) is 9.74. The summed E-state index contributed by atoms with van der Waals surface area (Å²) < 4.78 is 4.00. The zero-order valence-corrected chi connectivity index (χ0v) is 32.2. The number of aliphatic carboxylic acids is 2. The van der Waals surface area contributed by atoms with Crippen molar-refractivity contribution in [3.63, 3.8) is 0 Å². The first-order valence-corrected chi connectivity index (χ1v) is 19.7. The number of carboxylic acids is 2. The molecule has 4 aromatic rings. The fourth-order valence-corrected chi connectivity index (χ4v) is 8.51. The average molecular weight is 802 g/mol. The smallest absolute Gasteiger partial charge is 0.352 e. The van der Waals surface area contributed by atoms with Crippen LogP contribution in [-0.2, 0) is 37.1 Å². The number of hydrogen-bond donors (Lipinski definition) is 6. The lowest BCUT2D eigenvalue weighted by Crippen LogP contribution is -2.71. The molecule has 6 heterocycles. The highest BCUT2D eigenvalue weighted by Gasteiger charge is 2.55. The number of nitrogens with two attached hydrogens (primary N) is 2. The summed E-state index contributed by atoms with van der Waals surface area (Å²) in [4.78, 5) is 66.3. The van der Waals surface area contributed by atoms with Gasteiger partial charge in [0, 0.05) is 53.0 Å². The number of fused-ring (bicyclic) bond motifs is 2. The highest BCUT2D eigenvalue weighted by molar-refractivity contribution is 8.00. The number of amidine groups is 1. The number of β-lactam (4-membered cyclic amide) rings is 1. The predicted molar refractivity (Wildman–Crippen MR) is 210 cm³/mol. The largest absolute Gasteiger partial charge is 0.478 e. The van der Waals surface area contributed by atoms with Gasteiger partial charge in [-0.05, 0) is 44.9 Å². The topological polar surface area (TPSA) is 244 Å². The number of carbonyl (C=O) groups is 4. The summed E-state index contributed by atoms with van der Waals surface area (Å²) in [5.41, 5.74) is 13.2. The summed E-state index contributed by atoms with van der Waals surface area (Å²) in [6.07, 6.45) is 7.94. The monoisotopic (exact) mass is 801 g/mol. The van der Waals surface area contributed by atoms with Gasteiger partial charge in [-0.15, -0.1) is 23.1 Å². The van der Waals surface area contributed by atoms with Crippen LogP contribution in [0.3, 0.4) is 0 Å². The van der Waals surface area contributed by atoms with Gasteiger partial charge >= 0.3 is 11.9 Å². The van der Waals surface area contributed by atoms with E-state index in [0.717, 1.165) is 59.3 Å². The molecular weight excluding hydrogens is 761 g/mol. The van der Waals surface area contributed by atoms with Gasteiger partial charge in [0.2, 0.25) is 5.60 Å². The summed E-state index contributed by atoms with van der Waals surface area (Å²) >= 11 is 2.35. The molecule has 2 amide bonds. The molecule has 0 radical (unpaired) electrons. The molecule has 292 valence electrons. The normalized spacial score (nSPS) is 20.4. The molecule has 0 aliphatic carbocycles. The number of amides is 2. The summed E-state index contributed by atoms with van der Waals surface area (Å²) in [5, 5.41) is 31.4. The quantitative estimate of drug-likeness (QED) is 0.0371. The number of anilines is 1. The minimum absolute atomic E-state index is 0.0240. The molecule has 0 spiro atoms. The number of pyridine rings is 1. The van der Waals surface area contributed by atoms with Crippen LogP contribution < -0.4 is 26.7 Å². The van der Waals surface area contributed by atoms with Crippen LogP contribution >= 0.6 is 23.1 Å². The number of oxime groups is 1. The van der Waals surface area contributed by atoms with E-state index < -0.39 is 40.8 Å². The van der Waals surface area contributed by atoms with Crippen molar-refractivity contribution in [3.05, 3.63) is 88.5 Å². The third-order valence-corrected chi connectivity index (χ3v) is 11.8. The van der Waals surface area contributed by atoms with Gasteiger partial charge < -0.3 is 41.7 Å². The molecule has 3 aromatic heterocycles. The summed E-state index contributed by atoms with van der Waals surface area (Å²) in [7, 11) is 0. The molecular formula is C37H41N10O7S2+. The first-order valence-electron chi connectivity index (χ1n) is 17.8. The van der Waals surface area contributed by atoms with Crippen molar-refractivity contribution in [1.82, 2.24) is 25.1 Å². The fourth-order valence-electron chi connectivity index (χ4n) is 6.63. The molecule has 3 atom stereocenters. The van der Waals surface area contributed by atoms with Crippen molar-refractivity contribution in [2.75, 3.05) is 24.6 Å². The molecule has 2 saturated heterocycles. The Morgan fingerprint density at radius 1 is 1.18 bits per heavy atom. The maximum absolute atomic E-state index is 13.5. The maximum Gasteiger partial charge on any atom is 0.352 e. The number of thioether (sulfide) groups is 1. The maximum atomic E-state index is 13.5. The molecule has 8 N–H and O–H groups in total. The summed E-state index contributed by atoms with van der Waals surface area (Å²) in [5.74, 6) is -3.25. The van der Waals surface area contributed by atoms with Crippen LogP contribution in [0.4, 0.5) is 5.13 Å². The second kappa shape index (κ2) is 15.8. The predicted octanol–water partition coefficient (Wildman–Crippen LogP) is 1.50. The zero-order valence-electron chi connectivity index (χ0n) is 30.5. The highest BCUT2D eigenvalue weighted by Crippen LogP contribution is 2.40. The number of aliphatic imine (C=N–C) groups is 1. The van der Waals surface area contributed by atoms with Crippen LogP contribution in [0.1, 0.15) is 43.5 Å². The van der Waals surface area contributed by atoms with Gasteiger partial charge in [0.25, 0.3) is 11.8 Å². The minimum atomic E-state index is -1.78. The standard InChI is InChI=1S/C37H40N10O7S2/c1-37(2,35(52)53)54-44-27(25-19-56-36(39)42-25)31(48)43-28-32(49)47-29(34(50)51)23(18-55-33(28)47)16-45-12-9-21-10-13-46(26(21)17-45)15-20-5-7-22(8-6-20)30(38)41-24-4-3-11-40-14-24/h5-10,12-13,17,19,24,28,33,40H,3-4,11,14-16,18H2,1-2H3,(H6-,38,39,41,42,43,48,50,51,52,53)/p+1/b44-27-/t24?,28-,33-/m1/s1. The number of piperidine rings is 1. The molecule has 1 aromatic carbocycles. The molecule has 3 aliphatic rings. The number of hydrogen-bond acceptors (Lipinski definition) is 12. The summed E-state index contributed by atoms with van der Waals surface area (Å²) in [6, 6.07) is 11.1. The molecule has 7 rings (SSSR count). The Labute approximate surface area is 329 Å². The van der Waals surface area contributed by atoms with E-state index in [-0.39, 0.29) is 40.6 Å². The number of carboxylic acid groups (broad SMARTS) is 2. The van der Waals surface area contributed by atoms with E-state index in [1.54, 1.807) is 0 Å². The van der Waals surface area contributed by atoms with E-state index in [2.05, 4.69) is 25.3 Å². The van der Waals surface area contributed by atoms with Gasteiger partial charge in [-0.1, -0.05) is 29.4 Å². The molecule has 2 fully saturated rings. The molecule has 17 nitrogen and oxygen atoms in total. The Morgan fingerprint density at radius 2 is 1.96 bits per heavy atom. The Kier molecular flexibility index (Phi) is 10.8. The number of nitrogen functional groups attached to an aromatic ring is 1. The van der Waals surface area contributed by atoms with Gasteiger partial charge in [0.15, 0.2) is 29.8 Å². The van der Waals surface area contributed by atoms with E-state index in [0.29, 0.717) is 18.0 Å². The van der Waals surface area contributed by atoms with Gasteiger partial charge in [0.1, 0.15) is 34.2 Å². The van der Waals surface area contributed by atoms with E-state index in [4.69, 9.17) is 21.3 Å². The second-order valence-electron chi connectivity index (χ2n) is 14.1. The van der Waals surface area contributed by atoms with Gasteiger partial charge in [-0.2, -0.15) is 4.57 Å². The SMILES string of the molecule is CC(C)(O/N=C(\C(=O)N[C@@H]1C(=O)N2C(C(=O)O)=C(C[n+]3ccc4ccn(Cc5ccc(C(N)=NC6CCCNC6)cc5)c4c3)CS[C@H]12)c1csc(N)n1)C(=O)O. The van der Waals surface area contributed by atoms with Crippen molar-refractivity contribution >= 4 is 74.4 Å². The van der Waals surface area contributed by atoms with Crippen LogP contribution in [0, 0.1) is 0 Å². The van der Waals surface area contributed by atoms with Gasteiger partial charge in [0.05, 0.1) is 6.04 Å². The second-order valence-corrected chi connectivity index (χ2v) is 16.1. The van der Waals surface area contributed by atoms with Crippen LogP contribution in [0.2, 0.25) is 0 Å². The number of benzene rings is 1. The molecule has 56 heavy (non-hydrogen) atoms. The van der Waals surface area contributed by atoms with Crippen LogP contribution in [0.5, 0.6) is 0 Å². The van der Waals surface area contributed by atoms with E-state index in [9.17, 15) is 29.4 Å². The average Bonchev–Trinajstić information content (AvgIpc) is 3.79. The van der Waals surface area contributed by atoms with Gasteiger partial charge in [-0.3, -0.25) is 19.5 Å². The Balaban J connectivity index is 1.05. The van der Waals surface area contributed by atoms with E-state index in [1.807, 2.05) is 59.6 Å². The molecule has 1 unspecified atom stereocenters. The summed E-state index contributed by atoms with van der Waals surface area (Å²) in [6.45, 7) is 5.17. The van der Waals surface area contributed by atoms with Crippen molar-refractivity contribution in [3.8, 4) is 0 Å². The highest BCUT2D eigenvalue weighted by atomic mass is 32.2. The number of carbonyl (C=O) groups excluding carboxylic acids is 2. The zero-order chi connectivity index (χ0) is 39.7. The third kappa shape index (κ3) is 7.96. The first kappa shape index (κ1) is 38.5. The van der Waals surface area contributed by atoms with E-state index in [1.165, 1.54) is 35.9 Å². The van der Waals surface area contributed by atoms with Crippen molar-refractivity contribution in [2.24, 2.45) is 15.9 Å². The Bertz CT molecular complexity index is 2290. The van der Waals surface area contributed by atoms with Crippen molar-refractivity contribution in [2.45, 2.75) is 62.8 Å². The molecule has 0 saturated carbocycles. The number of aromatic nitrogens is 3. The lowest BCUT2D eigenvalue weighted by Gasteiger charge is -2.49. The Hall–Kier alpha value is -5.79. The first-order chi connectivity index (χ1) is 26.8. The molecule has 3 aliphatic heterocycles. The number of nitrogens with zero attached hydrogens (tertiary/aromatic N) is 6. The van der Waals surface area contributed by atoms with Gasteiger partial charge in [-0.25, -0.2) is 14.6 Å². The molecule has 0 bridgehead atoms. The number of rotatable bonds is 13. The fraction of sp³-hybridized carbons (Fsp3) is 0.351. The lowest BCUT2D eigenvalue weighted by molar-refractivity contribution is -0.687. The van der Waals surface area contributed by atoms with E-state index >= 15 is 0 Å². The number of nitrogens with one attached hydrogen (secondary N) is 2. The van der Waals surface area contributed by atoms with Crippen LogP contribution in [0.15, 0.2) is 81.8 Å². The lowest BCUT2D eigenvalue weighted by atomic mass is 10.0. The van der Waals surface area contributed by atoms with Crippen LogP contribution in [0.25, 0.3) is 10.9 Å². The van der Waals surface area contributed by atoms with Crippen LogP contribution in [-0.4, -0.2) is 102 Å². The minimum Gasteiger partial charge on any atom is -0.478 e.